The second-order valence-corrected chi connectivity index (χ2v) is 7.01. The molecule has 1 heterocycles. The third kappa shape index (κ3) is 4.50. The first-order chi connectivity index (χ1) is 14.6. The van der Waals surface area contributed by atoms with Crippen LogP contribution < -0.4 is 10.6 Å². The zero-order valence-corrected chi connectivity index (χ0v) is 17.0. The van der Waals surface area contributed by atoms with Crippen LogP contribution in [0.4, 0.5) is 16.2 Å². The Morgan fingerprint density at radius 2 is 1.57 bits per heavy atom. The summed E-state index contributed by atoms with van der Waals surface area (Å²) in [7, 11) is 0. The van der Waals surface area contributed by atoms with Crippen LogP contribution in [0.2, 0.25) is 5.02 Å². The van der Waals surface area contributed by atoms with E-state index in [0.29, 0.717) is 33.7 Å². The van der Waals surface area contributed by atoms with E-state index in [1.165, 1.54) is 5.56 Å². The van der Waals surface area contributed by atoms with Gasteiger partial charge in [-0.2, -0.15) is 0 Å². The summed E-state index contributed by atoms with van der Waals surface area (Å²) in [6.45, 7) is 2.08. The zero-order chi connectivity index (χ0) is 20.9. The first-order valence-electron chi connectivity index (χ1n) is 9.48. The molecule has 0 saturated carbocycles. The Labute approximate surface area is 178 Å². The molecule has 0 bridgehead atoms. The molecule has 0 saturated heterocycles. The molecule has 30 heavy (non-hydrogen) atoms. The number of anilines is 2. The molecule has 0 aliphatic rings. The van der Waals surface area contributed by atoms with Crippen LogP contribution in [0.5, 0.6) is 0 Å². The minimum Gasteiger partial charge on any atom is -0.416 e. The lowest BCUT2D eigenvalue weighted by atomic mass is 10.1. The van der Waals surface area contributed by atoms with E-state index in [1.54, 1.807) is 18.2 Å². The minimum atomic E-state index is -0.354. The normalized spacial score (nSPS) is 10.6. The Hall–Kier alpha value is -3.64. The number of aryl methyl sites for hydroxylation is 1. The molecule has 6 nitrogen and oxygen atoms in total. The van der Waals surface area contributed by atoms with Gasteiger partial charge in [-0.3, -0.25) is 0 Å². The predicted molar refractivity (Wildman–Crippen MR) is 119 cm³/mol. The van der Waals surface area contributed by atoms with Crippen molar-refractivity contribution in [3.8, 4) is 22.9 Å². The molecule has 1 aromatic heterocycles. The van der Waals surface area contributed by atoms with Crippen LogP contribution >= 0.6 is 11.6 Å². The lowest BCUT2D eigenvalue weighted by Gasteiger charge is -2.09. The Balaban J connectivity index is 1.45. The van der Waals surface area contributed by atoms with Crippen molar-refractivity contribution in [3.63, 3.8) is 0 Å². The highest BCUT2D eigenvalue weighted by Gasteiger charge is 2.14. The van der Waals surface area contributed by atoms with E-state index >= 15 is 0 Å². The summed E-state index contributed by atoms with van der Waals surface area (Å²) >= 11 is 6.40. The molecule has 150 valence electrons. The van der Waals surface area contributed by atoms with Gasteiger partial charge in [0.05, 0.1) is 10.6 Å². The van der Waals surface area contributed by atoms with Crippen LogP contribution in [0.3, 0.4) is 0 Å². The maximum atomic E-state index is 12.3. The molecule has 0 radical (unpaired) electrons. The molecule has 0 aliphatic heterocycles. The van der Waals surface area contributed by atoms with Gasteiger partial charge in [0.1, 0.15) is 0 Å². The number of aromatic nitrogens is 2. The number of rotatable bonds is 5. The second-order valence-electron chi connectivity index (χ2n) is 6.60. The van der Waals surface area contributed by atoms with Crippen molar-refractivity contribution in [1.82, 2.24) is 10.2 Å². The number of urea groups is 1. The summed E-state index contributed by atoms with van der Waals surface area (Å²) in [5, 5.41) is 14.1. The van der Waals surface area contributed by atoms with Crippen LogP contribution in [-0.2, 0) is 6.42 Å². The molecule has 0 aliphatic carbocycles. The summed E-state index contributed by atoms with van der Waals surface area (Å²) in [4.78, 5) is 12.3. The van der Waals surface area contributed by atoms with Gasteiger partial charge in [0.25, 0.3) is 0 Å². The number of hydrogen-bond acceptors (Lipinski definition) is 4. The predicted octanol–water partition coefficient (Wildman–Crippen LogP) is 6.26. The molecular formula is C23H19ClN4O2. The summed E-state index contributed by atoms with van der Waals surface area (Å²) in [6.07, 6.45) is 0.949. The summed E-state index contributed by atoms with van der Waals surface area (Å²) in [5.74, 6) is 0.725. The van der Waals surface area contributed by atoms with E-state index in [0.717, 1.165) is 12.0 Å². The molecule has 2 N–H and O–H groups in total. The molecule has 7 heteroatoms. The van der Waals surface area contributed by atoms with Crippen molar-refractivity contribution in [2.24, 2.45) is 0 Å². The highest BCUT2D eigenvalue weighted by Crippen LogP contribution is 2.31. The van der Waals surface area contributed by atoms with Crippen LogP contribution in [0.15, 0.2) is 77.2 Å². The number of nitrogens with zero attached hydrogens (tertiary/aromatic N) is 2. The second kappa shape index (κ2) is 8.80. The molecule has 0 spiro atoms. The maximum Gasteiger partial charge on any atom is 0.323 e. The monoisotopic (exact) mass is 418 g/mol. The van der Waals surface area contributed by atoms with Gasteiger partial charge in [0.15, 0.2) is 0 Å². The largest absolute Gasteiger partial charge is 0.416 e. The molecule has 0 unspecified atom stereocenters. The number of hydrogen-bond donors (Lipinski definition) is 2. The zero-order valence-electron chi connectivity index (χ0n) is 16.2. The summed E-state index contributed by atoms with van der Waals surface area (Å²) < 4.78 is 5.75. The van der Waals surface area contributed by atoms with Crippen LogP contribution in [0, 0.1) is 0 Å². The number of nitrogens with one attached hydrogen (secondary N) is 2. The van der Waals surface area contributed by atoms with Gasteiger partial charge in [-0.05, 0) is 54.4 Å². The first kappa shape index (κ1) is 19.7. The van der Waals surface area contributed by atoms with Crippen molar-refractivity contribution in [2.75, 3.05) is 10.6 Å². The summed E-state index contributed by atoms with van der Waals surface area (Å²) in [5.41, 5.74) is 3.89. The van der Waals surface area contributed by atoms with E-state index in [9.17, 15) is 4.79 Å². The summed E-state index contributed by atoms with van der Waals surface area (Å²) in [6, 6.07) is 21.9. The van der Waals surface area contributed by atoms with Gasteiger partial charge in [-0.25, -0.2) is 4.79 Å². The van der Waals surface area contributed by atoms with E-state index in [-0.39, 0.29) is 6.03 Å². The fourth-order valence-corrected chi connectivity index (χ4v) is 3.17. The van der Waals surface area contributed by atoms with Crippen LogP contribution in [-0.4, -0.2) is 16.2 Å². The average Bonchev–Trinajstić information content (AvgIpc) is 3.25. The highest BCUT2D eigenvalue weighted by molar-refractivity contribution is 6.33. The first-order valence-corrected chi connectivity index (χ1v) is 9.86. The van der Waals surface area contributed by atoms with E-state index in [4.69, 9.17) is 16.0 Å². The molecule has 0 atom stereocenters. The molecule has 4 rings (SSSR count). The quantitative estimate of drug-likeness (QED) is 0.400. The average molecular weight is 419 g/mol. The van der Waals surface area contributed by atoms with Crippen LogP contribution in [0.25, 0.3) is 22.9 Å². The van der Waals surface area contributed by atoms with Gasteiger partial charge in [0, 0.05) is 16.9 Å². The molecule has 0 fully saturated rings. The van der Waals surface area contributed by atoms with Crippen LogP contribution in [0.1, 0.15) is 12.5 Å². The maximum absolute atomic E-state index is 12.3. The van der Waals surface area contributed by atoms with Gasteiger partial charge in [-0.15, -0.1) is 10.2 Å². The van der Waals surface area contributed by atoms with Crippen molar-refractivity contribution in [2.45, 2.75) is 13.3 Å². The van der Waals surface area contributed by atoms with E-state index in [1.807, 2.05) is 54.6 Å². The minimum absolute atomic E-state index is 0.311. The Morgan fingerprint density at radius 3 is 2.27 bits per heavy atom. The van der Waals surface area contributed by atoms with E-state index in [2.05, 4.69) is 27.8 Å². The highest BCUT2D eigenvalue weighted by atomic mass is 35.5. The Morgan fingerprint density at radius 1 is 0.900 bits per heavy atom. The molecule has 4 aromatic rings. The number of carbonyl (C=O) groups excluding carboxylic acids is 1. The fourth-order valence-electron chi connectivity index (χ4n) is 2.91. The third-order valence-corrected chi connectivity index (χ3v) is 4.84. The number of amides is 2. The third-order valence-electron chi connectivity index (χ3n) is 4.52. The lowest BCUT2D eigenvalue weighted by molar-refractivity contribution is 0.262. The fraction of sp³-hybridized carbons (Fsp3) is 0.0870. The Kier molecular flexibility index (Phi) is 5.77. The SMILES string of the molecule is CCc1ccc(NC(=O)Nc2ccc(-c3nnc(-c4ccccc4)o3)c(Cl)c2)cc1. The van der Waals surface area contributed by atoms with Crippen molar-refractivity contribution >= 4 is 29.0 Å². The molecular weight excluding hydrogens is 400 g/mol. The lowest BCUT2D eigenvalue weighted by Crippen LogP contribution is -2.19. The van der Waals surface area contributed by atoms with Crippen molar-refractivity contribution in [3.05, 3.63) is 83.4 Å². The van der Waals surface area contributed by atoms with Gasteiger partial charge >= 0.3 is 6.03 Å². The van der Waals surface area contributed by atoms with Gasteiger partial charge in [-0.1, -0.05) is 48.9 Å². The topological polar surface area (TPSA) is 80.0 Å². The molecule has 2 amide bonds. The Bertz CT molecular complexity index is 1160. The van der Waals surface area contributed by atoms with Crippen molar-refractivity contribution < 1.29 is 9.21 Å². The molecule has 3 aromatic carbocycles. The van der Waals surface area contributed by atoms with E-state index < -0.39 is 0 Å². The standard InChI is InChI=1S/C23H19ClN4O2/c1-2-15-8-10-17(11-9-15)25-23(29)26-18-12-13-19(20(24)14-18)22-28-27-21(30-22)16-6-4-3-5-7-16/h3-14H,2H2,1H3,(H2,25,26,29). The van der Waals surface area contributed by atoms with Crippen molar-refractivity contribution in [1.29, 1.82) is 0 Å². The number of halogens is 1. The smallest absolute Gasteiger partial charge is 0.323 e. The van der Waals surface area contributed by atoms with Gasteiger partial charge < -0.3 is 15.1 Å². The number of carbonyl (C=O) groups is 1. The number of benzene rings is 3. The van der Waals surface area contributed by atoms with Gasteiger partial charge in [0.2, 0.25) is 11.8 Å².